The van der Waals surface area contributed by atoms with E-state index >= 15 is 0 Å². The molecule has 6 nitrogen and oxygen atoms in total. The molecule has 0 radical (unpaired) electrons. The number of anilines is 1. The van der Waals surface area contributed by atoms with Crippen LogP contribution >= 0.6 is 11.3 Å². The highest BCUT2D eigenvalue weighted by atomic mass is 32.1. The number of benzene rings is 1. The second-order valence-electron chi connectivity index (χ2n) is 7.88. The monoisotopic (exact) mass is 427 g/mol. The number of thiophene rings is 1. The quantitative estimate of drug-likeness (QED) is 0.550. The Morgan fingerprint density at radius 2 is 2.03 bits per heavy atom. The van der Waals surface area contributed by atoms with E-state index in [0.717, 1.165) is 40.9 Å². The molecule has 30 heavy (non-hydrogen) atoms. The van der Waals surface area contributed by atoms with Crippen LogP contribution in [0.1, 0.15) is 56.4 Å². The van der Waals surface area contributed by atoms with Gasteiger partial charge in [-0.1, -0.05) is 6.92 Å². The highest BCUT2D eigenvalue weighted by Crippen LogP contribution is 2.36. The van der Waals surface area contributed by atoms with Gasteiger partial charge in [-0.05, 0) is 63.6 Å². The number of fused-ring (bicyclic) bond motifs is 3. The van der Waals surface area contributed by atoms with Crippen LogP contribution in [-0.2, 0) is 12.8 Å². The van der Waals surface area contributed by atoms with E-state index in [-0.39, 0.29) is 11.6 Å². The molecule has 0 amide bonds. The van der Waals surface area contributed by atoms with Crippen molar-refractivity contribution >= 4 is 27.2 Å². The van der Waals surface area contributed by atoms with Crippen LogP contribution in [0.4, 0.5) is 5.69 Å². The number of nitrogens with one attached hydrogen (secondary N) is 2. The van der Waals surface area contributed by atoms with Crippen molar-refractivity contribution in [2.75, 3.05) is 18.5 Å². The van der Waals surface area contributed by atoms with Crippen molar-refractivity contribution in [3.05, 3.63) is 44.8 Å². The molecule has 2 atom stereocenters. The maximum Gasteiger partial charge on any atom is 0.259 e. The maximum atomic E-state index is 12.9. The zero-order valence-electron chi connectivity index (χ0n) is 18.0. The van der Waals surface area contributed by atoms with Crippen LogP contribution in [0.3, 0.4) is 0 Å². The van der Waals surface area contributed by atoms with Gasteiger partial charge in [-0.15, -0.1) is 11.3 Å². The molecule has 0 aliphatic heterocycles. The fourth-order valence-electron chi connectivity index (χ4n) is 4.03. The fraction of sp³-hybridized carbons (Fsp3) is 0.478. The van der Waals surface area contributed by atoms with E-state index in [1.807, 2.05) is 39.0 Å². The van der Waals surface area contributed by atoms with Gasteiger partial charge in [-0.2, -0.15) is 0 Å². The van der Waals surface area contributed by atoms with E-state index in [4.69, 9.17) is 14.5 Å². The third kappa shape index (κ3) is 4.03. The first-order valence-corrected chi connectivity index (χ1v) is 11.5. The Balaban J connectivity index is 1.61. The molecule has 7 heteroatoms. The molecule has 0 bridgehead atoms. The summed E-state index contributed by atoms with van der Waals surface area (Å²) in [6.45, 7) is 9.31. The topological polar surface area (TPSA) is 76.2 Å². The SMILES string of the molecule is CCOc1ccc(N[C@@H](C)c2nc3sc4c(c3c(=O)[nH]2)CC[C@H](C)C4)cc1OCC. The lowest BCUT2D eigenvalue weighted by Gasteiger charge is -2.18. The largest absolute Gasteiger partial charge is 0.490 e. The Hall–Kier alpha value is -2.54. The smallest absolute Gasteiger partial charge is 0.259 e. The average molecular weight is 428 g/mol. The number of rotatable bonds is 7. The predicted octanol–water partition coefficient (Wildman–Crippen LogP) is 5.08. The molecular formula is C23H29N3O3S. The van der Waals surface area contributed by atoms with E-state index in [1.54, 1.807) is 11.3 Å². The van der Waals surface area contributed by atoms with Crippen LogP contribution in [0.25, 0.3) is 10.2 Å². The molecule has 0 fully saturated rings. The Kier molecular flexibility index (Phi) is 5.99. The normalized spacial score (nSPS) is 16.9. The van der Waals surface area contributed by atoms with Gasteiger partial charge in [0.25, 0.3) is 5.56 Å². The fourth-order valence-corrected chi connectivity index (χ4v) is 5.42. The minimum Gasteiger partial charge on any atom is -0.490 e. The minimum absolute atomic E-state index is 0.0302. The number of aromatic amines is 1. The van der Waals surface area contributed by atoms with E-state index in [2.05, 4.69) is 17.2 Å². The van der Waals surface area contributed by atoms with Crippen molar-refractivity contribution in [2.45, 2.75) is 53.0 Å². The zero-order chi connectivity index (χ0) is 21.3. The van der Waals surface area contributed by atoms with Crippen molar-refractivity contribution in [2.24, 2.45) is 5.92 Å². The van der Waals surface area contributed by atoms with Gasteiger partial charge in [0.15, 0.2) is 11.5 Å². The molecule has 0 saturated carbocycles. The summed E-state index contributed by atoms with van der Waals surface area (Å²) in [7, 11) is 0. The van der Waals surface area contributed by atoms with Crippen LogP contribution in [0, 0.1) is 5.92 Å². The molecule has 2 aromatic heterocycles. The summed E-state index contributed by atoms with van der Waals surface area (Å²) in [6.07, 6.45) is 3.16. The van der Waals surface area contributed by atoms with Crippen LogP contribution in [0.15, 0.2) is 23.0 Å². The third-order valence-electron chi connectivity index (χ3n) is 5.52. The number of hydrogen-bond acceptors (Lipinski definition) is 6. The molecule has 160 valence electrons. The number of H-pyrrole nitrogens is 1. The predicted molar refractivity (Wildman–Crippen MR) is 122 cm³/mol. The zero-order valence-corrected chi connectivity index (χ0v) is 18.8. The lowest BCUT2D eigenvalue weighted by atomic mass is 9.89. The molecule has 2 N–H and O–H groups in total. The van der Waals surface area contributed by atoms with Gasteiger partial charge in [0.05, 0.1) is 24.6 Å². The van der Waals surface area contributed by atoms with E-state index < -0.39 is 0 Å². The summed E-state index contributed by atoms with van der Waals surface area (Å²) in [5, 5.41) is 4.21. The lowest BCUT2D eigenvalue weighted by Crippen LogP contribution is -2.18. The Morgan fingerprint density at radius 3 is 2.80 bits per heavy atom. The van der Waals surface area contributed by atoms with Gasteiger partial charge in [0, 0.05) is 16.6 Å². The Labute approximate surface area is 180 Å². The summed E-state index contributed by atoms with van der Waals surface area (Å²) in [6, 6.07) is 5.61. The molecule has 0 saturated heterocycles. The molecule has 1 aromatic carbocycles. The van der Waals surface area contributed by atoms with Gasteiger partial charge < -0.3 is 19.8 Å². The van der Waals surface area contributed by atoms with Crippen LogP contribution in [0.5, 0.6) is 11.5 Å². The van der Waals surface area contributed by atoms with E-state index in [9.17, 15) is 4.79 Å². The second-order valence-corrected chi connectivity index (χ2v) is 8.96. The number of aryl methyl sites for hydroxylation is 1. The lowest BCUT2D eigenvalue weighted by molar-refractivity contribution is 0.288. The van der Waals surface area contributed by atoms with Crippen LogP contribution in [-0.4, -0.2) is 23.2 Å². The maximum absolute atomic E-state index is 12.9. The highest BCUT2D eigenvalue weighted by molar-refractivity contribution is 7.18. The van der Waals surface area contributed by atoms with E-state index in [0.29, 0.717) is 30.7 Å². The van der Waals surface area contributed by atoms with Gasteiger partial charge in [0.2, 0.25) is 0 Å². The Bertz CT molecular complexity index is 1110. The second kappa shape index (κ2) is 8.68. The summed E-state index contributed by atoms with van der Waals surface area (Å²) in [4.78, 5) is 22.9. The molecule has 1 aliphatic carbocycles. The molecular weight excluding hydrogens is 398 g/mol. The van der Waals surface area contributed by atoms with Crippen LogP contribution in [0.2, 0.25) is 0 Å². The van der Waals surface area contributed by atoms with Crippen molar-refractivity contribution in [3.63, 3.8) is 0 Å². The number of ether oxygens (including phenoxy) is 2. The van der Waals surface area contributed by atoms with Crippen molar-refractivity contribution < 1.29 is 9.47 Å². The van der Waals surface area contributed by atoms with Gasteiger partial charge in [-0.25, -0.2) is 4.98 Å². The molecule has 2 heterocycles. The highest BCUT2D eigenvalue weighted by Gasteiger charge is 2.23. The van der Waals surface area contributed by atoms with Crippen molar-refractivity contribution in [3.8, 4) is 11.5 Å². The molecule has 3 aromatic rings. The van der Waals surface area contributed by atoms with Gasteiger partial charge >= 0.3 is 0 Å². The first-order valence-electron chi connectivity index (χ1n) is 10.7. The van der Waals surface area contributed by atoms with Crippen LogP contribution < -0.4 is 20.3 Å². The van der Waals surface area contributed by atoms with E-state index in [1.165, 1.54) is 10.4 Å². The van der Waals surface area contributed by atoms with Crippen molar-refractivity contribution in [1.29, 1.82) is 0 Å². The standard InChI is InChI=1S/C23H29N3O3S/c1-5-28-17-10-8-15(12-18(17)29-6-2)24-14(4)21-25-22(27)20-16-9-7-13(3)11-19(16)30-23(20)26-21/h8,10,12-14,24H,5-7,9,11H2,1-4H3,(H,25,26,27)/t13-,14-/m0/s1. The van der Waals surface area contributed by atoms with Gasteiger partial charge in [0.1, 0.15) is 10.7 Å². The summed E-state index contributed by atoms with van der Waals surface area (Å²) in [5.74, 6) is 2.74. The Morgan fingerprint density at radius 1 is 1.27 bits per heavy atom. The molecule has 0 spiro atoms. The average Bonchev–Trinajstić information content (AvgIpc) is 3.08. The summed E-state index contributed by atoms with van der Waals surface area (Å²) < 4.78 is 11.3. The summed E-state index contributed by atoms with van der Waals surface area (Å²) >= 11 is 1.68. The third-order valence-corrected chi connectivity index (χ3v) is 6.67. The number of hydrogen-bond donors (Lipinski definition) is 2. The molecule has 4 rings (SSSR count). The minimum atomic E-state index is -0.160. The van der Waals surface area contributed by atoms with Crippen molar-refractivity contribution in [1.82, 2.24) is 9.97 Å². The molecule has 1 aliphatic rings. The first kappa shape index (κ1) is 20.7. The van der Waals surface area contributed by atoms with Gasteiger partial charge in [-0.3, -0.25) is 4.79 Å². The molecule has 0 unspecified atom stereocenters. The first-order chi connectivity index (χ1) is 14.5. The number of nitrogens with zero attached hydrogens (tertiary/aromatic N) is 1. The number of aromatic nitrogens is 2. The summed E-state index contributed by atoms with van der Waals surface area (Å²) in [5.41, 5.74) is 2.07.